The summed E-state index contributed by atoms with van der Waals surface area (Å²) < 4.78 is 0. The van der Waals surface area contributed by atoms with Crippen LogP contribution in [0.3, 0.4) is 0 Å². The summed E-state index contributed by atoms with van der Waals surface area (Å²) in [7, 11) is 0. The standard InChI is InChI=1S/C16H30N2O.C2H6.2H2/c1-6-17-15(19)18-14(12(2)16(3,4)5)13-10-8-7-9-11-13;1-2;;/h13-14H,2,6-11H2,1,3-5H3,(H2,17,18,19);1-2H3;2*1H/t14-;;;/m1.../s1. The normalized spacial score (nSPS) is 17.2. The summed E-state index contributed by atoms with van der Waals surface area (Å²) in [6, 6.07) is 0.0373. The molecule has 0 aliphatic heterocycles. The minimum Gasteiger partial charge on any atom is -0.338 e. The first kappa shape index (κ1) is 20.0. The largest absolute Gasteiger partial charge is 0.338 e. The maximum absolute atomic E-state index is 11.9. The predicted molar refractivity (Wildman–Crippen MR) is 96.7 cm³/mol. The third-order valence-electron chi connectivity index (χ3n) is 4.08. The Hall–Kier alpha value is -0.990. The summed E-state index contributed by atoms with van der Waals surface area (Å²) in [4.78, 5) is 11.9. The van der Waals surface area contributed by atoms with Crippen LogP contribution in [0.15, 0.2) is 12.2 Å². The van der Waals surface area contributed by atoms with E-state index in [1.807, 2.05) is 20.8 Å². The molecule has 0 aromatic rings. The van der Waals surface area contributed by atoms with Crippen LogP contribution in [0.1, 0.15) is 76.5 Å². The fourth-order valence-electron chi connectivity index (χ4n) is 2.78. The van der Waals surface area contributed by atoms with Gasteiger partial charge in [-0.1, -0.05) is 60.5 Å². The van der Waals surface area contributed by atoms with E-state index in [9.17, 15) is 4.79 Å². The molecule has 0 unspecified atom stereocenters. The summed E-state index contributed by atoms with van der Waals surface area (Å²) in [5.74, 6) is 0.545. The van der Waals surface area contributed by atoms with E-state index < -0.39 is 0 Å². The van der Waals surface area contributed by atoms with E-state index >= 15 is 0 Å². The molecule has 2 amide bonds. The summed E-state index contributed by atoms with van der Waals surface area (Å²) in [5.41, 5.74) is 1.17. The van der Waals surface area contributed by atoms with Crippen molar-refractivity contribution in [3.63, 3.8) is 0 Å². The molecule has 1 saturated carbocycles. The second-order valence-electron chi connectivity index (χ2n) is 6.65. The highest BCUT2D eigenvalue weighted by Crippen LogP contribution is 2.35. The van der Waals surface area contributed by atoms with Crippen LogP contribution in [0.5, 0.6) is 0 Å². The smallest absolute Gasteiger partial charge is 0.315 e. The molecule has 1 rings (SSSR count). The van der Waals surface area contributed by atoms with E-state index in [-0.39, 0.29) is 20.3 Å². The Morgan fingerprint density at radius 2 is 1.76 bits per heavy atom. The third-order valence-corrected chi connectivity index (χ3v) is 4.08. The second kappa shape index (κ2) is 9.86. The molecule has 1 fully saturated rings. The number of amides is 2. The molecule has 1 atom stereocenters. The van der Waals surface area contributed by atoms with E-state index in [2.05, 4.69) is 38.0 Å². The maximum atomic E-state index is 11.9. The lowest BCUT2D eigenvalue weighted by atomic mass is 9.74. The third kappa shape index (κ3) is 7.01. The van der Waals surface area contributed by atoms with Gasteiger partial charge in [0.05, 0.1) is 6.04 Å². The van der Waals surface area contributed by atoms with Crippen molar-refractivity contribution in [1.82, 2.24) is 10.6 Å². The fourth-order valence-corrected chi connectivity index (χ4v) is 2.78. The lowest BCUT2D eigenvalue weighted by Crippen LogP contribution is -2.48. The number of hydrogen-bond acceptors (Lipinski definition) is 1. The molecule has 0 saturated heterocycles. The Bertz CT molecular complexity index is 321. The average molecular weight is 301 g/mol. The second-order valence-corrected chi connectivity index (χ2v) is 6.65. The van der Waals surface area contributed by atoms with Crippen molar-refractivity contribution in [3.05, 3.63) is 12.2 Å². The van der Waals surface area contributed by atoms with Crippen molar-refractivity contribution in [2.45, 2.75) is 79.7 Å². The van der Waals surface area contributed by atoms with Gasteiger partial charge in [-0.2, -0.15) is 0 Å². The lowest BCUT2D eigenvalue weighted by Gasteiger charge is -2.37. The molecule has 3 heteroatoms. The first-order valence-electron chi connectivity index (χ1n) is 8.60. The maximum Gasteiger partial charge on any atom is 0.315 e. The van der Waals surface area contributed by atoms with Gasteiger partial charge in [0.25, 0.3) is 0 Å². The van der Waals surface area contributed by atoms with Crippen molar-refractivity contribution >= 4 is 6.03 Å². The number of carbonyl (C=O) groups is 1. The zero-order valence-electron chi connectivity index (χ0n) is 15.0. The molecule has 2 N–H and O–H groups in total. The van der Waals surface area contributed by atoms with Crippen molar-refractivity contribution in [3.8, 4) is 0 Å². The van der Waals surface area contributed by atoms with Crippen LogP contribution in [0.25, 0.3) is 0 Å². The van der Waals surface area contributed by atoms with E-state index in [4.69, 9.17) is 0 Å². The molecule has 3 nitrogen and oxygen atoms in total. The average Bonchev–Trinajstić information content (AvgIpc) is 2.46. The van der Waals surface area contributed by atoms with Crippen LogP contribution in [0, 0.1) is 11.3 Å². The molecule has 0 bridgehead atoms. The SMILES string of the molecule is C=C([C@@H](NC(=O)NCC)C1CCCCC1)C(C)(C)C.CC.[HH].[HH]. The lowest BCUT2D eigenvalue weighted by molar-refractivity contribution is 0.223. The summed E-state index contributed by atoms with van der Waals surface area (Å²) in [6.07, 6.45) is 6.27. The van der Waals surface area contributed by atoms with Crippen molar-refractivity contribution in [2.24, 2.45) is 11.3 Å². The molecular weight excluding hydrogens is 260 g/mol. The Kier molecular flexibility index (Phi) is 9.39. The van der Waals surface area contributed by atoms with Gasteiger partial charge in [0, 0.05) is 9.40 Å². The van der Waals surface area contributed by atoms with Crippen molar-refractivity contribution < 1.29 is 7.65 Å². The molecule has 0 aromatic carbocycles. The van der Waals surface area contributed by atoms with E-state index in [0.29, 0.717) is 12.5 Å². The van der Waals surface area contributed by atoms with Crippen LogP contribution >= 0.6 is 0 Å². The fraction of sp³-hybridized carbons (Fsp3) is 0.833. The summed E-state index contributed by atoms with van der Waals surface area (Å²) in [6.45, 7) is 17.4. The van der Waals surface area contributed by atoms with Gasteiger partial charge in [-0.15, -0.1) is 0 Å². The Morgan fingerprint density at radius 1 is 1.24 bits per heavy atom. The quantitative estimate of drug-likeness (QED) is 0.673. The van der Waals surface area contributed by atoms with Gasteiger partial charge in [0.15, 0.2) is 0 Å². The zero-order valence-corrected chi connectivity index (χ0v) is 15.0. The molecule has 0 radical (unpaired) electrons. The van der Waals surface area contributed by atoms with E-state index in [0.717, 1.165) is 5.57 Å². The van der Waals surface area contributed by atoms with Gasteiger partial charge in [0.2, 0.25) is 0 Å². The van der Waals surface area contributed by atoms with Crippen LogP contribution in [0.2, 0.25) is 0 Å². The van der Waals surface area contributed by atoms with Crippen LogP contribution in [0.4, 0.5) is 4.79 Å². The Labute approximate surface area is 134 Å². The number of nitrogens with one attached hydrogen (secondary N) is 2. The van der Waals surface area contributed by atoms with Gasteiger partial charge in [-0.3, -0.25) is 0 Å². The van der Waals surface area contributed by atoms with Crippen LogP contribution in [-0.2, 0) is 0 Å². The first-order valence-corrected chi connectivity index (χ1v) is 8.60. The minimum atomic E-state index is -0.0662. The predicted octanol–water partition coefficient (Wildman–Crippen LogP) is 5.37. The zero-order chi connectivity index (χ0) is 16.5. The molecule has 0 spiro atoms. The minimum absolute atomic E-state index is 0. The molecule has 128 valence electrons. The van der Waals surface area contributed by atoms with E-state index in [1.165, 1.54) is 32.1 Å². The highest BCUT2D eigenvalue weighted by molar-refractivity contribution is 5.74. The van der Waals surface area contributed by atoms with E-state index in [1.54, 1.807) is 0 Å². The van der Waals surface area contributed by atoms with Crippen molar-refractivity contribution in [2.75, 3.05) is 6.54 Å². The molecule has 1 aliphatic rings. The molecule has 1 aliphatic carbocycles. The van der Waals surface area contributed by atoms with Crippen LogP contribution in [-0.4, -0.2) is 18.6 Å². The highest BCUT2D eigenvalue weighted by Gasteiger charge is 2.31. The number of hydrogen-bond donors (Lipinski definition) is 2. The topological polar surface area (TPSA) is 41.1 Å². The monoisotopic (exact) mass is 300 g/mol. The van der Waals surface area contributed by atoms with Gasteiger partial charge >= 0.3 is 6.03 Å². The number of carbonyl (C=O) groups excluding carboxylic acids is 1. The van der Waals surface area contributed by atoms with Crippen molar-refractivity contribution in [1.29, 1.82) is 0 Å². The van der Waals surface area contributed by atoms with Gasteiger partial charge < -0.3 is 10.6 Å². The van der Waals surface area contributed by atoms with Gasteiger partial charge in [-0.25, -0.2) is 4.79 Å². The van der Waals surface area contributed by atoms with Crippen LogP contribution < -0.4 is 10.6 Å². The summed E-state index contributed by atoms with van der Waals surface area (Å²) in [5, 5.41) is 5.97. The Balaban J connectivity index is -0.000000960. The molecule has 0 aromatic heterocycles. The molecular formula is C18H40N2O. The summed E-state index contributed by atoms with van der Waals surface area (Å²) >= 11 is 0. The Morgan fingerprint density at radius 3 is 2.19 bits per heavy atom. The number of urea groups is 1. The molecule has 0 heterocycles. The van der Waals surface area contributed by atoms with Gasteiger partial charge in [-0.05, 0) is 36.7 Å². The van der Waals surface area contributed by atoms with Gasteiger partial charge in [0.1, 0.15) is 0 Å². The highest BCUT2D eigenvalue weighted by atomic mass is 16.2. The first-order chi connectivity index (χ1) is 9.86. The number of rotatable bonds is 4. The molecule has 21 heavy (non-hydrogen) atoms.